The molecular weight excluding hydrogens is 146 g/mol. The number of rotatable bonds is 2. The zero-order valence-electron chi connectivity index (χ0n) is 9.20. The molecule has 0 heterocycles. The Morgan fingerprint density at radius 1 is 1.08 bits per heavy atom. The van der Waals surface area contributed by atoms with E-state index in [9.17, 15) is 0 Å². The van der Waals surface area contributed by atoms with E-state index in [-0.39, 0.29) is 5.54 Å². The molecule has 0 saturated heterocycles. The molecule has 0 atom stereocenters. The van der Waals surface area contributed by atoms with Gasteiger partial charge in [0.2, 0.25) is 0 Å². The first-order chi connectivity index (χ1) is 5.16. The van der Waals surface area contributed by atoms with Gasteiger partial charge in [0, 0.05) is 5.54 Å². The highest BCUT2D eigenvalue weighted by Gasteiger charge is 2.46. The normalized spacial score (nSPS) is 22.5. The van der Waals surface area contributed by atoms with E-state index in [1.807, 2.05) is 0 Å². The first-order valence-corrected chi connectivity index (χ1v) is 4.95. The highest BCUT2D eigenvalue weighted by Crippen LogP contribution is 2.49. The third-order valence-electron chi connectivity index (χ3n) is 3.72. The average molecular weight is 169 g/mol. The van der Waals surface area contributed by atoms with Crippen molar-refractivity contribution in [2.45, 2.75) is 59.4 Å². The summed E-state index contributed by atoms with van der Waals surface area (Å²) in [6.45, 7) is 11.6. The van der Waals surface area contributed by atoms with Crippen LogP contribution in [0.3, 0.4) is 0 Å². The largest absolute Gasteiger partial charge is 0.325 e. The molecule has 1 aliphatic carbocycles. The quantitative estimate of drug-likeness (QED) is 0.675. The molecule has 1 saturated carbocycles. The molecule has 1 nitrogen and oxygen atoms in total. The molecule has 72 valence electrons. The van der Waals surface area contributed by atoms with Crippen LogP contribution in [0.25, 0.3) is 0 Å². The highest BCUT2D eigenvalue weighted by molar-refractivity contribution is 5.03. The summed E-state index contributed by atoms with van der Waals surface area (Å²) in [7, 11) is 0. The summed E-state index contributed by atoms with van der Waals surface area (Å²) in [5.41, 5.74) is 7.04. The Kier molecular flexibility index (Phi) is 2.07. The van der Waals surface area contributed by atoms with Gasteiger partial charge >= 0.3 is 0 Å². The Morgan fingerprint density at radius 2 is 1.50 bits per heavy atom. The molecule has 1 fully saturated rings. The van der Waals surface area contributed by atoms with Gasteiger partial charge in [0.25, 0.3) is 0 Å². The van der Waals surface area contributed by atoms with E-state index < -0.39 is 0 Å². The second kappa shape index (κ2) is 2.47. The zero-order chi connectivity index (χ0) is 9.62. The summed E-state index contributed by atoms with van der Waals surface area (Å²) >= 11 is 0. The zero-order valence-corrected chi connectivity index (χ0v) is 9.20. The van der Waals surface area contributed by atoms with Crippen LogP contribution in [-0.2, 0) is 0 Å². The van der Waals surface area contributed by atoms with Crippen molar-refractivity contribution in [1.82, 2.24) is 0 Å². The van der Waals surface area contributed by atoms with E-state index >= 15 is 0 Å². The molecule has 0 aliphatic heterocycles. The Hall–Kier alpha value is -0.0400. The predicted molar refractivity (Wildman–Crippen MR) is 54.0 cm³/mol. The minimum Gasteiger partial charge on any atom is -0.325 e. The molecule has 0 amide bonds. The molecule has 0 aromatic heterocycles. The summed E-state index contributed by atoms with van der Waals surface area (Å²) in [6, 6.07) is 0. The van der Waals surface area contributed by atoms with Crippen molar-refractivity contribution in [3.05, 3.63) is 0 Å². The first-order valence-electron chi connectivity index (χ1n) is 4.95. The smallest absolute Gasteiger partial charge is 0.0161 e. The summed E-state index contributed by atoms with van der Waals surface area (Å²) in [4.78, 5) is 0. The van der Waals surface area contributed by atoms with Crippen LogP contribution < -0.4 is 5.73 Å². The van der Waals surface area contributed by atoms with Gasteiger partial charge in [0.15, 0.2) is 0 Å². The summed E-state index contributed by atoms with van der Waals surface area (Å²) in [5.74, 6) is 0. The maximum absolute atomic E-state index is 6.13. The van der Waals surface area contributed by atoms with Crippen molar-refractivity contribution in [3.63, 3.8) is 0 Å². The molecule has 2 N–H and O–H groups in total. The molecule has 0 spiro atoms. The minimum absolute atomic E-state index is 0.191. The number of nitrogens with two attached hydrogens (primary N) is 1. The standard InChI is InChI=1S/C11H23N/c1-9(2,3)10(4,5)8-11(12)6-7-11/h6-8,12H2,1-5H3. The van der Waals surface area contributed by atoms with Gasteiger partial charge in [0.1, 0.15) is 0 Å². The van der Waals surface area contributed by atoms with Gasteiger partial charge in [-0.2, -0.15) is 0 Å². The fraction of sp³-hybridized carbons (Fsp3) is 1.00. The summed E-state index contributed by atoms with van der Waals surface area (Å²) in [6.07, 6.45) is 3.63. The van der Waals surface area contributed by atoms with E-state index in [4.69, 9.17) is 5.73 Å². The second-order valence-electron chi connectivity index (χ2n) is 6.17. The van der Waals surface area contributed by atoms with Crippen molar-refractivity contribution in [2.75, 3.05) is 0 Å². The summed E-state index contributed by atoms with van der Waals surface area (Å²) in [5, 5.41) is 0. The third kappa shape index (κ3) is 2.01. The van der Waals surface area contributed by atoms with Crippen LogP contribution in [0.2, 0.25) is 0 Å². The molecule has 0 aromatic carbocycles. The van der Waals surface area contributed by atoms with Crippen LogP contribution in [0.5, 0.6) is 0 Å². The van der Waals surface area contributed by atoms with Crippen molar-refractivity contribution in [2.24, 2.45) is 16.6 Å². The van der Waals surface area contributed by atoms with E-state index in [0.29, 0.717) is 10.8 Å². The number of hydrogen-bond donors (Lipinski definition) is 1. The van der Waals surface area contributed by atoms with E-state index in [0.717, 1.165) is 0 Å². The number of hydrogen-bond acceptors (Lipinski definition) is 1. The van der Waals surface area contributed by atoms with Crippen LogP contribution in [0, 0.1) is 10.8 Å². The van der Waals surface area contributed by atoms with Crippen molar-refractivity contribution in [3.8, 4) is 0 Å². The average Bonchev–Trinajstić information content (AvgIpc) is 2.42. The van der Waals surface area contributed by atoms with Gasteiger partial charge in [0.05, 0.1) is 0 Å². The predicted octanol–water partition coefficient (Wildman–Crippen LogP) is 2.94. The van der Waals surface area contributed by atoms with Crippen molar-refractivity contribution < 1.29 is 0 Å². The van der Waals surface area contributed by atoms with E-state index in [1.165, 1.54) is 19.3 Å². The Bertz CT molecular complexity index is 170. The molecule has 0 aromatic rings. The van der Waals surface area contributed by atoms with Crippen LogP contribution in [-0.4, -0.2) is 5.54 Å². The fourth-order valence-corrected chi connectivity index (χ4v) is 1.48. The van der Waals surface area contributed by atoms with E-state index in [2.05, 4.69) is 34.6 Å². The van der Waals surface area contributed by atoms with Gasteiger partial charge in [-0.3, -0.25) is 0 Å². The fourth-order valence-electron chi connectivity index (χ4n) is 1.48. The molecule has 12 heavy (non-hydrogen) atoms. The Labute approximate surface area is 76.7 Å². The topological polar surface area (TPSA) is 26.0 Å². The molecule has 1 aliphatic rings. The Morgan fingerprint density at radius 3 is 1.75 bits per heavy atom. The lowest BCUT2D eigenvalue weighted by molar-refractivity contribution is 0.106. The van der Waals surface area contributed by atoms with Crippen molar-refractivity contribution in [1.29, 1.82) is 0 Å². The van der Waals surface area contributed by atoms with Crippen LogP contribution in [0.4, 0.5) is 0 Å². The molecule has 1 rings (SSSR count). The SMILES string of the molecule is CC(C)(C)C(C)(C)CC1(N)CC1. The van der Waals surface area contributed by atoms with Gasteiger partial charge in [-0.15, -0.1) is 0 Å². The first kappa shape index (κ1) is 10.0. The van der Waals surface area contributed by atoms with Gasteiger partial charge < -0.3 is 5.73 Å². The second-order valence-corrected chi connectivity index (χ2v) is 6.17. The van der Waals surface area contributed by atoms with Crippen molar-refractivity contribution >= 4 is 0 Å². The van der Waals surface area contributed by atoms with Gasteiger partial charge in [-0.05, 0) is 30.1 Å². The maximum atomic E-state index is 6.13. The van der Waals surface area contributed by atoms with Gasteiger partial charge in [-0.1, -0.05) is 34.6 Å². The van der Waals surface area contributed by atoms with Gasteiger partial charge in [-0.25, -0.2) is 0 Å². The highest BCUT2D eigenvalue weighted by atomic mass is 14.8. The third-order valence-corrected chi connectivity index (χ3v) is 3.72. The molecule has 1 heteroatoms. The monoisotopic (exact) mass is 169 g/mol. The summed E-state index contributed by atoms with van der Waals surface area (Å²) < 4.78 is 0. The molecule has 0 bridgehead atoms. The minimum atomic E-state index is 0.191. The molecule has 0 radical (unpaired) electrons. The van der Waals surface area contributed by atoms with E-state index in [1.54, 1.807) is 0 Å². The lowest BCUT2D eigenvalue weighted by Crippen LogP contribution is -2.37. The Balaban J connectivity index is 2.60. The lowest BCUT2D eigenvalue weighted by atomic mass is 9.66. The maximum Gasteiger partial charge on any atom is 0.0161 e. The van der Waals surface area contributed by atoms with Crippen LogP contribution in [0.1, 0.15) is 53.9 Å². The molecule has 0 unspecified atom stereocenters. The van der Waals surface area contributed by atoms with Crippen LogP contribution >= 0.6 is 0 Å². The van der Waals surface area contributed by atoms with Crippen LogP contribution in [0.15, 0.2) is 0 Å². The molecular formula is C11H23N. The lowest BCUT2D eigenvalue weighted by Gasteiger charge is -2.40.